The molecule has 1 aromatic carbocycles. The van der Waals surface area contributed by atoms with Gasteiger partial charge < -0.3 is 15.4 Å². The van der Waals surface area contributed by atoms with E-state index >= 15 is 0 Å². The van der Waals surface area contributed by atoms with E-state index in [2.05, 4.69) is 54.8 Å². The van der Waals surface area contributed by atoms with E-state index in [1.807, 2.05) is 30.3 Å². The summed E-state index contributed by atoms with van der Waals surface area (Å²) in [6, 6.07) is 15.0. The molecule has 0 bridgehead atoms. The maximum absolute atomic E-state index is 11.8. The molecule has 0 spiro atoms. The maximum Gasteiger partial charge on any atom is 0.172 e. The molecule has 0 aliphatic rings. The number of nitrogens with zero attached hydrogens (tertiary/aromatic N) is 7. The van der Waals surface area contributed by atoms with Gasteiger partial charge >= 0.3 is 0 Å². The third-order valence-electron chi connectivity index (χ3n) is 5.36. The summed E-state index contributed by atoms with van der Waals surface area (Å²) >= 11 is 1.14. The second-order valence-corrected chi connectivity index (χ2v) is 11.2. The normalized spacial score (nSPS) is 11.4. The molecule has 2 heterocycles. The molecule has 12 nitrogen and oxygen atoms in total. The number of nitriles is 2. The van der Waals surface area contributed by atoms with Gasteiger partial charge in [0.15, 0.2) is 20.7 Å². The maximum atomic E-state index is 11.8. The molecule has 3 aromatic rings. The van der Waals surface area contributed by atoms with Crippen molar-refractivity contribution in [3.63, 3.8) is 0 Å². The van der Waals surface area contributed by atoms with E-state index in [-0.39, 0.29) is 29.2 Å². The monoisotopic (exact) mass is 577 g/mol. The highest BCUT2D eigenvalue weighted by molar-refractivity contribution is 7.94. The quantitative estimate of drug-likeness (QED) is 0.162. The van der Waals surface area contributed by atoms with Crippen LogP contribution in [0.1, 0.15) is 23.1 Å². The van der Waals surface area contributed by atoms with Crippen molar-refractivity contribution in [2.75, 3.05) is 43.2 Å². The predicted molar refractivity (Wildman–Crippen MR) is 155 cm³/mol. The van der Waals surface area contributed by atoms with Gasteiger partial charge in [0.05, 0.1) is 22.6 Å². The second-order valence-electron chi connectivity index (χ2n) is 8.15. The topological polar surface area (TPSA) is 177 Å². The summed E-state index contributed by atoms with van der Waals surface area (Å²) in [5.41, 5.74) is 1.92. The van der Waals surface area contributed by atoms with E-state index in [9.17, 15) is 18.9 Å². The Morgan fingerprint density at radius 3 is 2.50 bits per heavy atom. The molecule has 2 aromatic heterocycles. The highest BCUT2D eigenvalue weighted by Crippen LogP contribution is 2.40. The number of nitrogens with one attached hydrogen (secondary N) is 2. The smallest absolute Gasteiger partial charge is 0.172 e. The Balaban J connectivity index is 1.95. The van der Waals surface area contributed by atoms with E-state index in [0.717, 1.165) is 16.7 Å². The molecule has 0 unspecified atom stereocenters. The number of azo groups is 2. The van der Waals surface area contributed by atoms with E-state index < -0.39 is 9.84 Å². The van der Waals surface area contributed by atoms with E-state index in [1.54, 1.807) is 20.1 Å². The van der Waals surface area contributed by atoms with Crippen LogP contribution in [-0.4, -0.2) is 46.0 Å². The average molecular weight is 578 g/mol. The van der Waals surface area contributed by atoms with Crippen molar-refractivity contribution in [1.29, 1.82) is 10.5 Å². The molecule has 0 aliphatic heterocycles. The van der Waals surface area contributed by atoms with Crippen LogP contribution in [0.5, 0.6) is 0 Å². The minimum atomic E-state index is -3.43. The van der Waals surface area contributed by atoms with E-state index in [0.29, 0.717) is 52.3 Å². The Morgan fingerprint density at radius 2 is 1.82 bits per heavy atom. The van der Waals surface area contributed by atoms with Gasteiger partial charge in [-0.05, 0) is 31.5 Å². The van der Waals surface area contributed by atoms with E-state index in [4.69, 9.17) is 4.74 Å². The molecule has 0 amide bonds. The zero-order valence-electron chi connectivity index (χ0n) is 22.0. The number of rotatable bonds is 14. The molecule has 2 N–H and O–H groups in total. The molecular weight excluding hydrogens is 550 g/mol. The predicted octanol–water partition coefficient (Wildman–Crippen LogP) is 6.44. The number of hydrogen-bond acceptors (Lipinski definition) is 13. The lowest BCUT2D eigenvalue weighted by Crippen LogP contribution is -2.16. The van der Waals surface area contributed by atoms with Gasteiger partial charge in [-0.15, -0.1) is 20.5 Å². The SMILES string of the molecule is C=CS(=O)(=O)CCNc1nc(NCCCOC)c(/N=N/c2sc(/N=N/c3ccccc3)cc2C#N)c(C)c1C#N. The van der Waals surface area contributed by atoms with Crippen LogP contribution in [0.15, 0.2) is 68.8 Å². The van der Waals surface area contributed by atoms with Crippen molar-refractivity contribution in [2.24, 2.45) is 20.5 Å². The van der Waals surface area contributed by atoms with Gasteiger partial charge in [-0.1, -0.05) is 36.1 Å². The van der Waals surface area contributed by atoms with Gasteiger partial charge in [0.1, 0.15) is 28.6 Å². The van der Waals surface area contributed by atoms with Gasteiger partial charge in [-0.2, -0.15) is 10.5 Å². The fourth-order valence-corrected chi connectivity index (χ4v) is 4.60. The molecule has 40 heavy (non-hydrogen) atoms. The van der Waals surface area contributed by atoms with Gasteiger partial charge in [0, 0.05) is 37.8 Å². The number of anilines is 2. The third kappa shape index (κ3) is 8.25. The molecule has 0 saturated carbocycles. The Morgan fingerprint density at radius 1 is 1.07 bits per heavy atom. The molecule has 206 valence electrons. The van der Waals surface area contributed by atoms with Gasteiger partial charge in [0.25, 0.3) is 0 Å². The molecular formula is C26H27N9O3S2. The summed E-state index contributed by atoms with van der Waals surface area (Å²) in [6.07, 6.45) is 0.674. The number of benzene rings is 1. The Labute approximate surface area is 236 Å². The molecule has 0 radical (unpaired) electrons. The summed E-state index contributed by atoms with van der Waals surface area (Å²) < 4.78 is 28.7. The molecule has 3 rings (SSSR count). The van der Waals surface area contributed by atoms with Gasteiger partial charge in [0.2, 0.25) is 0 Å². The lowest BCUT2D eigenvalue weighted by molar-refractivity contribution is 0.198. The minimum Gasteiger partial charge on any atom is -0.385 e. The van der Waals surface area contributed by atoms with Crippen LogP contribution in [0.3, 0.4) is 0 Å². The zero-order valence-corrected chi connectivity index (χ0v) is 23.6. The Kier molecular flexibility index (Phi) is 11.0. The number of thiophene rings is 1. The second kappa shape index (κ2) is 14.6. The lowest BCUT2D eigenvalue weighted by atomic mass is 10.1. The largest absolute Gasteiger partial charge is 0.385 e. The summed E-state index contributed by atoms with van der Waals surface area (Å²) in [6.45, 7) is 6.04. The highest BCUT2D eigenvalue weighted by atomic mass is 32.2. The fourth-order valence-electron chi connectivity index (χ4n) is 3.29. The van der Waals surface area contributed by atoms with Crippen LogP contribution < -0.4 is 10.6 Å². The number of aromatic nitrogens is 1. The van der Waals surface area contributed by atoms with Crippen molar-refractivity contribution in [3.05, 3.63) is 65.1 Å². The first-order valence-corrected chi connectivity index (χ1v) is 14.5. The molecule has 0 saturated heterocycles. The van der Waals surface area contributed by atoms with Crippen molar-refractivity contribution < 1.29 is 13.2 Å². The van der Waals surface area contributed by atoms with Crippen molar-refractivity contribution >= 4 is 54.2 Å². The summed E-state index contributed by atoms with van der Waals surface area (Å²) in [4.78, 5) is 4.52. The molecule has 0 atom stereocenters. The number of hydrogen-bond donors (Lipinski definition) is 2. The number of ether oxygens (including phenoxy) is 1. The van der Waals surface area contributed by atoms with Crippen LogP contribution in [-0.2, 0) is 14.6 Å². The number of sulfone groups is 1. The van der Waals surface area contributed by atoms with Crippen molar-refractivity contribution in [1.82, 2.24) is 4.98 Å². The number of methoxy groups -OCH3 is 1. The minimum absolute atomic E-state index is 0.0283. The van der Waals surface area contributed by atoms with Crippen LogP contribution in [0.25, 0.3) is 0 Å². The Bertz CT molecular complexity index is 1590. The zero-order chi connectivity index (χ0) is 29.0. The highest BCUT2D eigenvalue weighted by Gasteiger charge is 2.18. The Hall–Kier alpha value is -4.50. The fraction of sp³-hybridized carbons (Fsp3) is 0.269. The summed E-state index contributed by atoms with van der Waals surface area (Å²) in [5, 5.41) is 44.3. The van der Waals surface area contributed by atoms with Crippen LogP contribution in [0.4, 0.5) is 33.0 Å². The summed E-state index contributed by atoms with van der Waals surface area (Å²) in [5.74, 6) is 0.341. The van der Waals surface area contributed by atoms with Crippen LogP contribution >= 0.6 is 11.3 Å². The van der Waals surface area contributed by atoms with E-state index in [1.165, 1.54) is 0 Å². The molecule has 0 fully saturated rings. The summed E-state index contributed by atoms with van der Waals surface area (Å²) in [7, 11) is -1.83. The number of pyridine rings is 1. The lowest BCUT2D eigenvalue weighted by Gasteiger charge is -2.15. The van der Waals surface area contributed by atoms with Crippen molar-refractivity contribution in [2.45, 2.75) is 13.3 Å². The van der Waals surface area contributed by atoms with Crippen molar-refractivity contribution in [3.8, 4) is 12.1 Å². The third-order valence-corrected chi connectivity index (χ3v) is 7.54. The van der Waals surface area contributed by atoms with Gasteiger partial charge in [-0.3, -0.25) is 0 Å². The first-order chi connectivity index (χ1) is 19.3. The average Bonchev–Trinajstić information content (AvgIpc) is 3.36. The molecule has 14 heteroatoms. The standard InChI is InChI=1S/C26H27N9O3S2/c1-4-40(36,37)14-12-30-24-21(17-28)18(2)23(25(31-24)29-11-8-13-38-3)34-35-26-19(16-27)15-22(39-26)33-32-20-9-6-5-7-10-20/h4-7,9-10,15H,1,8,11-14H2,2-3H3,(H2,29,30,31)/b33-32+,35-34+. The van der Waals surface area contributed by atoms with Gasteiger partial charge in [-0.25, -0.2) is 13.4 Å². The first kappa shape index (κ1) is 30.0. The molecule has 0 aliphatic carbocycles. The first-order valence-electron chi connectivity index (χ1n) is 12.0. The van der Waals surface area contributed by atoms with Crippen LogP contribution in [0.2, 0.25) is 0 Å². The van der Waals surface area contributed by atoms with Crippen LogP contribution in [0, 0.1) is 29.6 Å².